The van der Waals surface area contributed by atoms with Gasteiger partial charge in [0.2, 0.25) is 5.91 Å². The Morgan fingerprint density at radius 3 is 2.36 bits per heavy atom. The predicted molar refractivity (Wildman–Crippen MR) is 159 cm³/mol. The average molecular weight is 599 g/mol. The van der Waals surface area contributed by atoms with Crippen LogP contribution in [-0.2, 0) is 28.5 Å². The van der Waals surface area contributed by atoms with E-state index >= 15 is 0 Å². The third-order valence-electron chi connectivity index (χ3n) is 7.86. The van der Waals surface area contributed by atoms with Gasteiger partial charge in [0.15, 0.2) is 0 Å². The quantitative estimate of drug-likeness (QED) is 0.0994. The van der Waals surface area contributed by atoms with Gasteiger partial charge >= 0.3 is 12.2 Å². The van der Waals surface area contributed by atoms with Gasteiger partial charge in [-0.3, -0.25) is 4.79 Å². The van der Waals surface area contributed by atoms with Crippen LogP contribution in [0.25, 0.3) is 0 Å². The number of carbonyl (C=O) groups is 3. The number of carbonyl (C=O) groups excluding carboxylic acids is 3. The zero-order valence-corrected chi connectivity index (χ0v) is 26.2. The topological polar surface area (TPSA) is 163 Å². The van der Waals surface area contributed by atoms with Crippen molar-refractivity contribution >= 4 is 18.1 Å². The molecule has 1 heterocycles. The van der Waals surface area contributed by atoms with E-state index in [1.165, 1.54) is 0 Å². The number of epoxide rings is 1. The van der Waals surface area contributed by atoms with E-state index in [4.69, 9.17) is 29.4 Å². The molecule has 0 radical (unpaired) electrons. The summed E-state index contributed by atoms with van der Waals surface area (Å²) >= 11 is 0. The van der Waals surface area contributed by atoms with E-state index < -0.39 is 36.0 Å². The largest absolute Gasteiger partial charge is 0.447 e. The Morgan fingerprint density at radius 1 is 1.12 bits per heavy atom. The molecule has 0 aromatic heterocycles. The maximum atomic E-state index is 13.0. The number of rotatable bonds is 19. The van der Waals surface area contributed by atoms with Gasteiger partial charge in [-0.2, -0.15) is 0 Å². The molecule has 2 rings (SSSR count). The summed E-state index contributed by atoms with van der Waals surface area (Å²) in [7, 11) is 1.62. The zero-order chi connectivity index (χ0) is 31.2. The number of hydrogen-bond donors (Lipinski definition) is 4. The molecule has 2 aliphatic rings. The first-order valence-corrected chi connectivity index (χ1v) is 15.2. The molecule has 3 unspecified atom stereocenters. The van der Waals surface area contributed by atoms with Crippen LogP contribution in [0.2, 0.25) is 0 Å². The summed E-state index contributed by atoms with van der Waals surface area (Å²) in [6.45, 7) is 14.0. The van der Waals surface area contributed by atoms with Gasteiger partial charge in [0, 0.05) is 26.1 Å². The highest BCUT2D eigenvalue weighted by Crippen LogP contribution is 2.52. The van der Waals surface area contributed by atoms with Crippen LogP contribution in [0.5, 0.6) is 0 Å². The Kier molecular flexibility index (Phi) is 15.0. The van der Waals surface area contributed by atoms with Crippen LogP contribution < -0.4 is 21.7 Å². The minimum absolute atomic E-state index is 0.00256. The van der Waals surface area contributed by atoms with E-state index in [-0.39, 0.29) is 36.5 Å². The van der Waals surface area contributed by atoms with Crippen molar-refractivity contribution in [3.8, 4) is 0 Å². The SMILES string of the molecule is C=CCOC(C)(C)C1C(OC)C(OC(=O)N[C@@H](COC(=O)NCCCCCCNC(=O)CN)CC(C)C)CC[C@]12CO2. The zero-order valence-electron chi connectivity index (χ0n) is 26.2. The van der Waals surface area contributed by atoms with Crippen LogP contribution in [0.1, 0.15) is 72.6 Å². The molecule has 12 heteroatoms. The number of ether oxygens (including phenoxy) is 5. The molecular weight excluding hydrogens is 544 g/mol. The summed E-state index contributed by atoms with van der Waals surface area (Å²) in [6.07, 6.45) is 5.17. The Morgan fingerprint density at radius 2 is 1.79 bits per heavy atom. The molecule has 1 aliphatic heterocycles. The number of amides is 3. The van der Waals surface area contributed by atoms with Crippen LogP contribution in [0.3, 0.4) is 0 Å². The lowest BCUT2D eigenvalue weighted by Gasteiger charge is -2.47. The first-order valence-electron chi connectivity index (χ1n) is 15.2. The molecule has 2 fully saturated rings. The maximum absolute atomic E-state index is 13.0. The van der Waals surface area contributed by atoms with Crippen molar-refractivity contribution in [2.75, 3.05) is 46.6 Å². The number of methoxy groups -OCH3 is 1. The first kappa shape index (κ1) is 35.8. The smallest absolute Gasteiger partial charge is 0.407 e. The number of alkyl carbamates (subject to hydrolysis) is 2. The highest BCUT2D eigenvalue weighted by atomic mass is 16.6. The fourth-order valence-corrected chi connectivity index (χ4v) is 5.84. The van der Waals surface area contributed by atoms with Gasteiger partial charge in [-0.05, 0) is 51.9 Å². The summed E-state index contributed by atoms with van der Waals surface area (Å²) in [6, 6.07) is -0.405. The van der Waals surface area contributed by atoms with Crippen molar-refractivity contribution in [1.29, 1.82) is 0 Å². The number of nitrogens with one attached hydrogen (secondary N) is 3. The van der Waals surface area contributed by atoms with Crippen molar-refractivity contribution in [3.63, 3.8) is 0 Å². The molecule has 5 atom stereocenters. The lowest BCUT2D eigenvalue weighted by atomic mass is 9.68. The van der Waals surface area contributed by atoms with Crippen molar-refractivity contribution in [1.82, 2.24) is 16.0 Å². The van der Waals surface area contributed by atoms with Crippen LogP contribution in [0.4, 0.5) is 9.59 Å². The van der Waals surface area contributed by atoms with Gasteiger partial charge in [-0.15, -0.1) is 6.58 Å². The Balaban J connectivity index is 1.81. The van der Waals surface area contributed by atoms with Crippen LogP contribution in [0, 0.1) is 11.8 Å². The third-order valence-corrected chi connectivity index (χ3v) is 7.86. The molecule has 0 aromatic carbocycles. The summed E-state index contributed by atoms with van der Waals surface area (Å²) in [5.41, 5.74) is 4.32. The molecule has 12 nitrogen and oxygen atoms in total. The molecular formula is C30H54N4O8. The molecule has 1 saturated carbocycles. The average Bonchev–Trinajstić information content (AvgIpc) is 3.71. The molecule has 242 valence electrons. The fourth-order valence-electron chi connectivity index (χ4n) is 5.84. The second-order valence-corrected chi connectivity index (χ2v) is 12.2. The van der Waals surface area contributed by atoms with Crippen LogP contribution in [0.15, 0.2) is 12.7 Å². The summed E-state index contributed by atoms with van der Waals surface area (Å²) < 4.78 is 29.3. The lowest BCUT2D eigenvalue weighted by molar-refractivity contribution is -0.172. The molecule has 5 N–H and O–H groups in total. The second-order valence-electron chi connectivity index (χ2n) is 12.2. The van der Waals surface area contributed by atoms with Crippen molar-refractivity contribution < 1.29 is 38.1 Å². The van der Waals surface area contributed by atoms with Crippen molar-refractivity contribution in [2.45, 2.75) is 102 Å². The van der Waals surface area contributed by atoms with Gasteiger partial charge < -0.3 is 45.4 Å². The number of hydrogen-bond acceptors (Lipinski definition) is 9. The van der Waals surface area contributed by atoms with E-state index in [2.05, 4.69) is 22.5 Å². The summed E-state index contributed by atoms with van der Waals surface area (Å²) in [4.78, 5) is 36.4. The Hall–Kier alpha value is -2.41. The predicted octanol–water partition coefficient (Wildman–Crippen LogP) is 3.03. The van der Waals surface area contributed by atoms with Crippen LogP contribution >= 0.6 is 0 Å². The van der Waals surface area contributed by atoms with Gasteiger partial charge in [0.1, 0.15) is 18.8 Å². The monoisotopic (exact) mass is 598 g/mol. The first-order chi connectivity index (χ1) is 20.0. The maximum Gasteiger partial charge on any atom is 0.407 e. The van der Waals surface area contributed by atoms with Crippen LogP contribution in [-0.4, -0.2) is 94.1 Å². The molecule has 1 saturated heterocycles. The summed E-state index contributed by atoms with van der Waals surface area (Å²) in [5, 5.41) is 8.38. The summed E-state index contributed by atoms with van der Waals surface area (Å²) in [5.74, 6) is -0.0375. The minimum Gasteiger partial charge on any atom is -0.447 e. The fraction of sp³-hybridized carbons (Fsp3) is 0.833. The van der Waals surface area contributed by atoms with Gasteiger partial charge in [0.25, 0.3) is 0 Å². The highest BCUT2D eigenvalue weighted by molar-refractivity contribution is 5.77. The van der Waals surface area contributed by atoms with E-state index in [0.717, 1.165) is 32.1 Å². The Bertz CT molecular complexity index is 864. The number of unbranched alkanes of at least 4 members (excludes halogenated alkanes) is 3. The van der Waals surface area contributed by atoms with E-state index in [1.807, 2.05) is 27.7 Å². The van der Waals surface area contributed by atoms with Gasteiger partial charge in [-0.1, -0.05) is 32.8 Å². The van der Waals surface area contributed by atoms with Crippen molar-refractivity contribution in [2.24, 2.45) is 17.6 Å². The third kappa shape index (κ3) is 11.7. The molecule has 0 aromatic rings. The highest BCUT2D eigenvalue weighted by Gasteiger charge is 2.64. The molecule has 1 spiro atoms. The molecule has 3 amide bonds. The Labute approximate surface area is 251 Å². The lowest BCUT2D eigenvalue weighted by Crippen LogP contribution is -2.59. The number of nitrogens with two attached hydrogens (primary N) is 1. The molecule has 1 aliphatic carbocycles. The van der Waals surface area contributed by atoms with E-state index in [9.17, 15) is 14.4 Å². The molecule has 0 bridgehead atoms. The minimum atomic E-state index is -0.590. The standard InChI is InChI=1S/C30H54N4O8/c1-7-16-40-29(4,5)26-25(38-6)23(12-13-30(26)20-41-30)42-28(37)34-22(17-21(2)3)19-39-27(36)33-15-11-9-8-10-14-32-24(35)18-31/h7,21-23,25-26H,1,8-20,31H2,2-6H3,(H,32,35)(H,33,36)(H,34,37)/t22-,23?,25?,26?,30+/m1/s1. The van der Waals surface area contributed by atoms with E-state index in [1.54, 1.807) is 13.2 Å². The van der Waals surface area contributed by atoms with E-state index in [0.29, 0.717) is 39.1 Å². The van der Waals surface area contributed by atoms with Gasteiger partial charge in [0.05, 0.1) is 37.0 Å². The van der Waals surface area contributed by atoms with Crippen molar-refractivity contribution in [3.05, 3.63) is 12.7 Å². The normalized spacial score (nSPS) is 24.1. The second kappa shape index (κ2) is 17.6. The molecule has 42 heavy (non-hydrogen) atoms. The van der Waals surface area contributed by atoms with Gasteiger partial charge in [-0.25, -0.2) is 9.59 Å².